The van der Waals surface area contributed by atoms with Gasteiger partial charge in [0.2, 0.25) is 0 Å². The third-order valence-electron chi connectivity index (χ3n) is 3.73. The smallest absolute Gasteiger partial charge is 0.162 e. The molecule has 124 valence electrons. The predicted octanol–water partition coefficient (Wildman–Crippen LogP) is 3.15. The number of nitrogens with two attached hydrogens (primary N) is 1. The van der Waals surface area contributed by atoms with Crippen LogP contribution in [0.25, 0.3) is 16.9 Å². The normalized spacial score (nSPS) is 10.7. The number of methoxy groups -OCH3 is 2. The molecule has 0 aliphatic heterocycles. The number of halogens is 1. The lowest BCUT2D eigenvalue weighted by molar-refractivity contribution is 0.355. The lowest BCUT2D eigenvalue weighted by Crippen LogP contribution is -2.03. The van der Waals surface area contributed by atoms with Gasteiger partial charge >= 0.3 is 0 Å². The highest BCUT2D eigenvalue weighted by molar-refractivity contribution is 5.64. The fourth-order valence-electron chi connectivity index (χ4n) is 2.54. The van der Waals surface area contributed by atoms with E-state index in [0.717, 1.165) is 5.69 Å². The maximum absolute atomic E-state index is 14.2. The molecule has 1 heterocycles. The van der Waals surface area contributed by atoms with Gasteiger partial charge in [-0.15, -0.1) is 0 Å². The van der Waals surface area contributed by atoms with Gasteiger partial charge in [0.1, 0.15) is 5.82 Å². The highest BCUT2D eigenvalue weighted by atomic mass is 19.1. The Hall–Kier alpha value is -2.86. The number of hydrogen-bond acceptors (Lipinski definition) is 4. The van der Waals surface area contributed by atoms with Crippen molar-refractivity contribution < 1.29 is 13.9 Å². The minimum atomic E-state index is -0.317. The van der Waals surface area contributed by atoms with Crippen LogP contribution in [0, 0.1) is 5.82 Å². The molecule has 0 atom stereocenters. The van der Waals surface area contributed by atoms with E-state index in [0.29, 0.717) is 28.5 Å². The summed E-state index contributed by atoms with van der Waals surface area (Å²) in [5, 5.41) is 4.48. The second-order valence-electron chi connectivity index (χ2n) is 5.16. The standard InChI is InChI=1S/C18H18FN3O2/c1-23-17-8-7-13(10-18(17)24-2)22-16(9-12(11-20)21-22)14-5-3-4-6-15(14)19/h3-10H,11,20H2,1-2H3. The Balaban J connectivity index is 2.18. The molecule has 0 spiro atoms. The first-order valence-corrected chi connectivity index (χ1v) is 7.44. The van der Waals surface area contributed by atoms with Crippen molar-refractivity contribution in [2.45, 2.75) is 6.54 Å². The van der Waals surface area contributed by atoms with E-state index >= 15 is 0 Å². The van der Waals surface area contributed by atoms with Crippen LogP contribution in [0.4, 0.5) is 4.39 Å². The summed E-state index contributed by atoms with van der Waals surface area (Å²) in [7, 11) is 3.14. The number of aromatic nitrogens is 2. The summed E-state index contributed by atoms with van der Waals surface area (Å²) < 4.78 is 26.5. The zero-order valence-corrected chi connectivity index (χ0v) is 13.5. The van der Waals surface area contributed by atoms with Crippen LogP contribution in [0.15, 0.2) is 48.5 Å². The molecule has 0 bridgehead atoms. The molecule has 0 aliphatic rings. The molecule has 0 saturated heterocycles. The van der Waals surface area contributed by atoms with Crippen molar-refractivity contribution in [3.8, 4) is 28.4 Å². The molecule has 2 aromatic carbocycles. The van der Waals surface area contributed by atoms with Crippen LogP contribution in [0.2, 0.25) is 0 Å². The van der Waals surface area contributed by atoms with E-state index in [-0.39, 0.29) is 12.4 Å². The maximum atomic E-state index is 14.2. The Labute approximate surface area is 139 Å². The predicted molar refractivity (Wildman–Crippen MR) is 90.0 cm³/mol. The topological polar surface area (TPSA) is 62.3 Å². The molecular weight excluding hydrogens is 309 g/mol. The van der Waals surface area contributed by atoms with Crippen molar-refractivity contribution in [3.05, 3.63) is 60.0 Å². The van der Waals surface area contributed by atoms with Gasteiger partial charge in [0.05, 0.1) is 31.3 Å². The molecule has 6 heteroatoms. The minimum absolute atomic E-state index is 0.266. The maximum Gasteiger partial charge on any atom is 0.162 e. The Morgan fingerprint density at radius 3 is 2.46 bits per heavy atom. The molecule has 0 amide bonds. The fraction of sp³-hybridized carbons (Fsp3) is 0.167. The zero-order valence-electron chi connectivity index (χ0n) is 13.5. The number of benzene rings is 2. The van der Waals surface area contributed by atoms with Crippen LogP contribution >= 0.6 is 0 Å². The van der Waals surface area contributed by atoms with E-state index in [1.54, 1.807) is 55.3 Å². The van der Waals surface area contributed by atoms with E-state index in [4.69, 9.17) is 15.2 Å². The van der Waals surface area contributed by atoms with E-state index in [1.807, 2.05) is 6.07 Å². The summed E-state index contributed by atoms with van der Waals surface area (Å²) in [6, 6.07) is 13.8. The van der Waals surface area contributed by atoms with E-state index in [1.165, 1.54) is 6.07 Å². The average molecular weight is 327 g/mol. The van der Waals surface area contributed by atoms with Crippen LogP contribution in [0.5, 0.6) is 11.5 Å². The van der Waals surface area contributed by atoms with Gasteiger partial charge in [-0.2, -0.15) is 5.10 Å². The molecular formula is C18H18FN3O2. The minimum Gasteiger partial charge on any atom is -0.493 e. The number of rotatable bonds is 5. The number of hydrogen-bond donors (Lipinski definition) is 1. The number of ether oxygens (including phenoxy) is 2. The molecule has 3 rings (SSSR count). The molecule has 0 saturated carbocycles. The van der Waals surface area contributed by atoms with Gasteiger partial charge in [0.15, 0.2) is 11.5 Å². The van der Waals surface area contributed by atoms with Gasteiger partial charge in [-0.1, -0.05) is 12.1 Å². The van der Waals surface area contributed by atoms with Crippen molar-refractivity contribution >= 4 is 0 Å². The molecule has 2 N–H and O–H groups in total. The van der Waals surface area contributed by atoms with Gasteiger partial charge < -0.3 is 15.2 Å². The first-order chi connectivity index (χ1) is 11.7. The summed E-state index contributed by atoms with van der Waals surface area (Å²) in [4.78, 5) is 0. The van der Waals surface area contributed by atoms with E-state index in [9.17, 15) is 4.39 Å². The third kappa shape index (κ3) is 2.83. The Morgan fingerprint density at radius 1 is 1.04 bits per heavy atom. The van der Waals surface area contributed by atoms with Crippen LogP contribution in [0.3, 0.4) is 0 Å². The van der Waals surface area contributed by atoms with Crippen LogP contribution < -0.4 is 15.2 Å². The van der Waals surface area contributed by atoms with Crippen molar-refractivity contribution in [3.63, 3.8) is 0 Å². The van der Waals surface area contributed by atoms with Gasteiger partial charge in [0.25, 0.3) is 0 Å². The van der Waals surface area contributed by atoms with E-state index < -0.39 is 0 Å². The van der Waals surface area contributed by atoms with Gasteiger partial charge in [0, 0.05) is 18.2 Å². The number of nitrogens with zero attached hydrogens (tertiary/aromatic N) is 2. The van der Waals surface area contributed by atoms with Crippen LogP contribution in [-0.4, -0.2) is 24.0 Å². The second-order valence-corrected chi connectivity index (χ2v) is 5.16. The van der Waals surface area contributed by atoms with Crippen molar-refractivity contribution in [1.29, 1.82) is 0 Å². The fourth-order valence-corrected chi connectivity index (χ4v) is 2.54. The van der Waals surface area contributed by atoms with Crippen molar-refractivity contribution in [2.75, 3.05) is 14.2 Å². The summed E-state index contributed by atoms with van der Waals surface area (Å²) in [6.07, 6.45) is 0. The van der Waals surface area contributed by atoms with E-state index in [2.05, 4.69) is 5.10 Å². The Morgan fingerprint density at radius 2 is 1.79 bits per heavy atom. The molecule has 0 radical (unpaired) electrons. The summed E-state index contributed by atoms with van der Waals surface area (Å²) in [5.74, 6) is 0.863. The third-order valence-corrected chi connectivity index (χ3v) is 3.73. The first kappa shape index (κ1) is 16.0. The van der Waals surface area contributed by atoms with Crippen LogP contribution in [-0.2, 0) is 6.54 Å². The molecule has 5 nitrogen and oxygen atoms in total. The summed E-state index contributed by atoms with van der Waals surface area (Å²) in [6.45, 7) is 0.266. The zero-order chi connectivity index (χ0) is 17.1. The second kappa shape index (κ2) is 6.72. The average Bonchev–Trinajstić information content (AvgIpc) is 3.05. The van der Waals surface area contributed by atoms with Crippen molar-refractivity contribution in [2.24, 2.45) is 5.73 Å². The van der Waals surface area contributed by atoms with Crippen molar-refractivity contribution in [1.82, 2.24) is 9.78 Å². The monoisotopic (exact) mass is 327 g/mol. The molecule has 0 fully saturated rings. The lowest BCUT2D eigenvalue weighted by atomic mass is 10.1. The summed E-state index contributed by atoms with van der Waals surface area (Å²) >= 11 is 0. The molecule has 24 heavy (non-hydrogen) atoms. The molecule has 0 unspecified atom stereocenters. The highest BCUT2D eigenvalue weighted by Crippen LogP contribution is 2.32. The van der Waals surface area contributed by atoms with Gasteiger partial charge in [-0.25, -0.2) is 9.07 Å². The SMILES string of the molecule is COc1ccc(-n2nc(CN)cc2-c2ccccc2F)cc1OC. The lowest BCUT2D eigenvalue weighted by Gasteiger charge is -2.12. The first-order valence-electron chi connectivity index (χ1n) is 7.44. The largest absolute Gasteiger partial charge is 0.493 e. The molecule has 1 aromatic heterocycles. The Bertz CT molecular complexity index is 861. The summed E-state index contributed by atoms with van der Waals surface area (Å²) in [5.41, 5.74) is 8.19. The van der Waals surface area contributed by atoms with Gasteiger partial charge in [-0.05, 0) is 30.3 Å². The van der Waals surface area contributed by atoms with Gasteiger partial charge in [-0.3, -0.25) is 0 Å². The molecule has 3 aromatic rings. The molecule has 0 aliphatic carbocycles. The Kier molecular flexibility index (Phi) is 4.48. The van der Waals surface area contributed by atoms with Crippen LogP contribution in [0.1, 0.15) is 5.69 Å². The highest BCUT2D eigenvalue weighted by Gasteiger charge is 2.15. The quantitative estimate of drug-likeness (QED) is 0.782.